The molecule has 0 spiro atoms. The highest BCUT2D eigenvalue weighted by Crippen LogP contribution is 2.21. The Labute approximate surface area is 122 Å². The number of hydrogen-bond acceptors (Lipinski definition) is 3. The van der Waals surface area contributed by atoms with E-state index in [1.54, 1.807) is 10.7 Å². The molecule has 0 unspecified atom stereocenters. The van der Waals surface area contributed by atoms with Crippen LogP contribution < -0.4 is 11.3 Å². The number of nitrogens with zero attached hydrogens (tertiary/aromatic N) is 2. The van der Waals surface area contributed by atoms with Gasteiger partial charge in [0.25, 0.3) is 5.91 Å². The summed E-state index contributed by atoms with van der Waals surface area (Å²) in [6, 6.07) is 20.9. The zero-order chi connectivity index (χ0) is 14.7. The average Bonchev–Trinajstić information content (AvgIpc) is 3.01. The molecular weight excluding hydrogens is 264 g/mol. The van der Waals surface area contributed by atoms with Gasteiger partial charge in [-0.25, -0.2) is 10.5 Å². The SMILES string of the molecule is NNC(=O)c1cc(-c2ccccc2)nn1-c1ccccc1. The van der Waals surface area contributed by atoms with Crippen LogP contribution in [0.3, 0.4) is 0 Å². The molecule has 3 rings (SSSR count). The van der Waals surface area contributed by atoms with Gasteiger partial charge in [0.2, 0.25) is 0 Å². The second-order valence-corrected chi connectivity index (χ2v) is 4.50. The maximum Gasteiger partial charge on any atom is 0.283 e. The lowest BCUT2D eigenvalue weighted by Gasteiger charge is -2.05. The van der Waals surface area contributed by atoms with Crippen molar-refractivity contribution < 1.29 is 4.79 Å². The number of nitrogen functional groups attached to an aromatic ring is 1. The zero-order valence-electron chi connectivity index (χ0n) is 11.2. The van der Waals surface area contributed by atoms with Crippen molar-refractivity contribution in [3.8, 4) is 16.9 Å². The van der Waals surface area contributed by atoms with Crippen molar-refractivity contribution >= 4 is 5.91 Å². The van der Waals surface area contributed by atoms with E-state index in [2.05, 4.69) is 10.5 Å². The smallest absolute Gasteiger partial charge is 0.283 e. The van der Waals surface area contributed by atoms with Gasteiger partial charge in [0.1, 0.15) is 5.69 Å². The van der Waals surface area contributed by atoms with Crippen molar-refractivity contribution in [1.82, 2.24) is 15.2 Å². The predicted molar refractivity (Wildman–Crippen MR) is 80.7 cm³/mol. The largest absolute Gasteiger partial charge is 0.289 e. The van der Waals surface area contributed by atoms with E-state index in [0.717, 1.165) is 16.9 Å². The van der Waals surface area contributed by atoms with E-state index in [1.165, 1.54) is 0 Å². The van der Waals surface area contributed by atoms with Crippen LogP contribution in [0, 0.1) is 0 Å². The van der Waals surface area contributed by atoms with Crippen LogP contribution in [0.1, 0.15) is 10.5 Å². The second-order valence-electron chi connectivity index (χ2n) is 4.50. The summed E-state index contributed by atoms with van der Waals surface area (Å²) in [4.78, 5) is 12.0. The first-order valence-electron chi connectivity index (χ1n) is 6.51. The Morgan fingerprint density at radius 1 is 1.00 bits per heavy atom. The Bertz CT molecular complexity index is 750. The molecule has 0 radical (unpaired) electrons. The van der Waals surface area contributed by atoms with Crippen molar-refractivity contribution in [2.45, 2.75) is 0 Å². The quantitative estimate of drug-likeness (QED) is 0.438. The van der Waals surface area contributed by atoms with Gasteiger partial charge in [-0.3, -0.25) is 10.2 Å². The molecule has 3 aromatic rings. The lowest BCUT2D eigenvalue weighted by Crippen LogP contribution is -2.31. The standard InChI is InChI=1S/C16H14N4O/c17-18-16(21)15-11-14(12-7-3-1-4-8-12)19-20(15)13-9-5-2-6-10-13/h1-11H,17H2,(H,18,21). The molecule has 21 heavy (non-hydrogen) atoms. The normalized spacial score (nSPS) is 10.3. The van der Waals surface area contributed by atoms with E-state index >= 15 is 0 Å². The number of carbonyl (C=O) groups is 1. The molecule has 1 heterocycles. The Morgan fingerprint density at radius 2 is 1.62 bits per heavy atom. The number of amides is 1. The summed E-state index contributed by atoms with van der Waals surface area (Å²) >= 11 is 0. The van der Waals surface area contributed by atoms with Crippen LogP contribution >= 0.6 is 0 Å². The molecule has 0 saturated carbocycles. The van der Waals surface area contributed by atoms with Crippen LogP contribution in [0.15, 0.2) is 66.7 Å². The van der Waals surface area contributed by atoms with Crippen LogP contribution in [-0.2, 0) is 0 Å². The Kier molecular flexibility index (Phi) is 3.49. The fourth-order valence-electron chi connectivity index (χ4n) is 2.13. The number of nitrogens with two attached hydrogens (primary N) is 1. The number of rotatable bonds is 3. The lowest BCUT2D eigenvalue weighted by atomic mass is 10.1. The highest BCUT2D eigenvalue weighted by Gasteiger charge is 2.16. The molecule has 5 nitrogen and oxygen atoms in total. The first-order valence-corrected chi connectivity index (χ1v) is 6.51. The molecule has 1 amide bonds. The van der Waals surface area contributed by atoms with E-state index in [0.29, 0.717) is 5.69 Å². The summed E-state index contributed by atoms with van der Waals surface area (Å²) in [5.41, 5.74) is 5.01. The first kappa shape index (κ1) is 13.1. The van der Waals surface area contributed by atoms with Crippen molar-refractivity contribution in [2.75, 3.05) is 0 Å². The summed E-state index contributed by atoms with van der Waals surface area (Å²) in [5.74, 6) is 4.88. The molecule has 2 aromatic carbocycles. The van der Waals surface area contributed by atoms with Gasteiger partial charge in [-0.1, -0.05) is 48.5 Å². The van der Waals surface area contributed by atoms with Crippen molar-refractivity contribution in [3.63, 3.8) is 0 Å². The number of aromatic nitrogens is 2. The minimum atomic E-state index is -0.381. The third kappa shape index (κ3) is 2.54. The van der Waals surface area contributed by atoms with Gasteiger partial charge < -0.3 is 0 Å². The monoisotopic (exact) mass is 278 g/mol. The van der Waals surface area contributed by atoms with E-state index in [-0.39, 0.29) is 5.91 Å². The van der Waals surface area contributed by atoms with Gasteiger partial charge in [0, 0.05) is 5.56 Å². The molecule has 0 fully saturated rings. The number of carbonyl (C=O) groups excluding carboxylic acids is 1. The number of benzene rings is 2. The maximum atomic E-state index is 12.0. The third-order valence-electron chi connectivity index (χ3n) is 3.14. The summed E-state index contributed by atoms with van der Waals surface area (Å²) < 4.78 is 1.59. The van der Waals surface area contributed by atoms with Gasteiger partial charge in [0.05, 0.1) is 11.4 Å². The Hall–Kier alpha value is -2.92. The van der Waals surface area contributed by atoms with E-state index < -0.39 is 0 Å². The van der Waals surface area contributed by atoms with Crippen LogP contribution in [-0.4, -0.2) is 15.7 Å². The molecular formula is C16H14N4O. The van der Waals surface area contributed by atoms with Crippen molar-refractivity contribution in [2.24, 2.45) is 5.84 Å². The molecule has 0 aliphatic carbocycles. The minimum Gasteiger partial charge on any atom is -0.289 e. The molecule has 1 aromatic heterocycles. The summed E-state index contributed by atoms with van der Waals surface area (Å²) in [6.07, 6.45) is 0. The number of hydrazine groups is 1. The minimum absolute atomic E-state index is 0.381. The third-order valence-corrected chi connectivity index (χ3v) is 3.14. The Balaban J connectivity index is 2.14. The highest BCUT2D eigenvalue weighted by molar-refractivity contribution is 5.93. The van der Waals surface area contributed by atoms with Gasteiger partial charge >= 0.3 is 0 Å². The van der Waals surface area contributed by atoms with Gasteiger partial charge in [-0.05, 0) is 18.2 Å². The molecule has 0 aliphatic heterocycles. The molecule has 104 valence electrons. The average molecular weight is 278 g/mol. The zero-order valence-corrected chi connectivity index (χ0v) is 11.2. The summed E-state index contributed by atoms with van der Waals surface area (Å²) in [7, 11) is 0. The summed E-state index contributed by atoms with van der Waals surface area (Å²) in [6.45, 7) is 0. The molecule has 0 aliphatic rings. The molecule has 0 bridgehead atoms. The molecule has 5 heteroatoms. The number of para-hydroxylation sites is 1. The van der Waals surface area contributed by atoms with Crippen LogP contribution in [0.2, 0.25) is 0 Å². The van der Waals surface area contributed by atoms with Gasteiger partial charge in [-0.2, -0.15) is 5.10 Å². The number of hydrogen-bond donors (Lipinski definition) is 2. The second kappa shape index (κ2) is 5.60. The van der Waals surface area contributed by atoms with E-state index in [4.69, 9.17) is 5.84 Å². The van der Waals surface area contributed by atoms with E-state index in [1.807, 2.05) is 60.7 Å². The van der Waals surface area contributed by atoms with Crippen LogP contribution in [0.4, 0.5) is 0 Å². The fraction of sp³-hybridized carbons (Fsp3) is 0. The van der Waals surface area contributed by atoms with Gasteiger partial charge in [0.15, 0.2) is 0 Å². The Morgan fingerprint density at radius 3 is 2.24 bits per heavy atom. The molecule has 3 N–H and O–H groups in total. The summed E-state index contributed by atoms with van der Waals surface area (Å²) in [5, 5.41) is 4.52. The predicted octanol–water partition coefficient (Wildman–Crippen LogP) is 2.14. The molecule has 0 atom stereocenters. The van der Waals surface area contributed by atoms with Crippen LogP contribution in [0.5, 0.6) is 0 Å². The van der Waals surface area contributed by atoms with Crippen molar-refractivity contribution in [3.05, 3.63) is 72.4 Å². The van der Waals surface area contributed by atoms with E-state index in [9.17, 15) is 4.79 Å². The number of nitrogens with one attached hydrogen (secondary N) is 1. The first-order chi connectivity index (χ1) is 10.3. The highest BCUT2D eigenvalue weighted by atomic mass is 16.2. The van der Waals surface area contributed by atoms with Crippen molar-refractivity contribution in [1.29, 1.82) is 0 Å². The molecule has 0 saturated heterocycles. The van der Waals surface area contributed by atoms with Gasteiger partial charge in [-0.15, -0.1) is 0 Å². The topological polar surface area (TPSA) is 72.9 Å². The maximum absolute atomic E-state index is 12.0. The fourth-order valence-corrected chi connectivity index (χ4v) is 2.13. The van der Waals surface area contributed by atoms with Crippen LogP contribution in [0.25, 0.3) is 16.9 Å². The lowest BCUT2D eigenvalue weighted by molar-refractivity contribution is 0.0946.